The predicted molar refractivity (Wildman–Crippen MR) is 99.1 cm³/mol. The maximum Gasteiger partial charge on any atom is 0.305 e. The first-order valence-electron chi connectivity index (χ1n) is 9.76. The van der Waals surface area contributed by atoms with Crippen LogP contribution < -0.4 is 0 Å². The van der Waals surface area contributed by atoms with Gasteiger partial charge in [-0.05, 0) is 38.2 Å². The van der Waals surface area contributed by atoms with Crippen molar-refractivity contribution >= 4 is 5.97 Å². The van der Waals surface area contributed by atoms with Gasteiger partial charge in [0.05, 0.1) is 12.8 Å². The van der Waals surface area contributed by atoms with Gasteiger partial charge in [0.2, 0.25) is 0 Å². The number of hydrogen-bond donors (Lipinski definition) is 0. The fourth-order valence-corrected chi connectivity index (χ4v) is 3.05. The van der Waals surface area contributed by atoms with E-state index in [1.54, 1.807) is 0 Å². The first kappa shape index (κ1) is 20.7. The highest BCUT2D eigenvalue weighted by atomic mass is 16.5. The molecule has 1 rings (SSSR count). The molecule has 0 aliphatic rings. The molecule has 0 aliphatic carbocycles. The van der Waals surface area contributed by atoms with E-state index in [0.29, 0.717) is 6.42 Å². The smallest absolute Gasteiger partial charge is 0.305 e. The van der Waals surface area contributed by atoms with Gasteiger partial charge in [-0.25, -0.2) is 0 Å². The number of esters is 1. The van der Waals surface area contributed by atoms with Crippen LogP contribution in [0.15, 0.2) is 6.07 Å². The van der Waals surface area contributed by atoms with Gasteiger partial charge in [0.25, 0.3) is 0 Å². The van der Waals surface area contributed by atoms with E-state index in [0.717, 1.165) is 25.7 Å². The topological polar surface area (TPSA) is 44.1 Å². The number of rotatable bonds is 14. The van der Waals surface area contributed by atoms with Gasteiger partial charge in [-0.3, -0.25) is 9.48 Å². The Morgan fingerprint density at radius 1 is 1.00 bits per heavy atom. The van der Waals surface area contributed by atoms with Crippen LogP contribution >= 0.6 is 0 Å². The third kappa shape index (κ3) is 9.09. The summed E-state index contributed by atoms with van der Waals surface area (Å²) < 4.78 is 6.71. The van der Waals surface area contributed by atoms with E-state index in [-0.39, 0.29) is 5.97 Å². The van der Waals surface area contributed by atoms with Crippen LogP contribution in [0, 0.1) is 0 Å². The zero-order valence-corrected chi connectivity index (χ0v) is 16.0. The quantitative estimate of drug-likeness (QED) is 0.355. The van der Waals surface area contributed by atoms with Gasteiger partial charge in [-0.1, -0.05) is 51.9 Å². The van der Waals surface area contributed by atoms with Crippen LogP contribution in [0.2, 0.25) is 0 Å². The van der Waals surface area contributed by atoms with Gasteiger partial charge in [-0.15, -0.1) is 0 Å². The van der Waals surface area contributed by atoms with E-state index in [4.69, 9.17) is 0 Å². The maximum absolute atomic E-state index is 11.0. The highest BCUT2D eigenvalue weighted by molar-refractivity contribution is 5.68. The molecule has 1 aromatic heterocycles. The van der Waals surface area contributed by atoms with Crippen LogP contribution in [0.4, 0.5) is 0 Å². The molecule has 0 fully saturated rings. The van der Waals surface area contributed by atoms with Gasteiger partial charge in [-0.2, -0.15) is 5.10 Å². The molecule has 1 aromatic rings. The number of unbranched alkanes of at least 4 members (excludes halogenated alkanes) is 8. The van der Waals surface area contributed by atoms with Crippen molar-refractivity contribution in [3.05, 3.63) is 17.5 Å². The standard InChI is InChI=1S/C20H36N2O2/c1-4-5-6-12-15-19-17-18(21-22(19)2)14-11-9-7-8-10-13-16-20(23)24-3/h17H,4-16H2,1-3H3. The molecule has 1 heterocycles. The second-order valence-corrected chi connectivity index (χ2v) is 6.76. The van der Waals surface area contributed by atoms with Crippen molar-refractivity contribution in [2.24, 2.45) is 7.05 Å². The van der Waals surface area contributed by atoms with Crippen LogP contribution in [-0.4, -0.2) is 22.9 Å². The fraction of sp³-hybridized carbons (Fsp3) is 0.800. The number of ether oxygens (including phenoxy) is 1. The number of carbonyl (C=O) groups is 1. The van der Waals surface area contributed by atoms with Crippen LogP contribution in [0.3, 0.4) is 0 Å². The summed E-state index contributed by atoms with van der Waals surface area (Å²) in [6.07, 6.45) is 15.0. The number of hydrogen-bond acceptors (Lipinski definition) is 3. The number of methoxy groups -OCH3 is 1. The SMILES string of the molecule is CCCCCCc1cc(CCCCCCCCC(=O)OC)nn1C. The molecule has 0 saturated carbocycles. The summed E-state index contributed by atoms with van der Waals surface area (Å²) in [5.41, 5.74) is 2.62. The lowest BCUT2D eigenvalue weighted by atomic mass is 10.1. The lowest BCUT2D eigenvalue weighted by molar-refractivity contribution is -0.140. The summed E-state index contributed by atoms with van der Waals surface area (Å²) in [6.45, 7) is 2.25. The first-order chi connectivity index (χ1) is 11.7. The van der Waals surface area contributed by atoms with Crippen LogP contribution in [0.5, 0.6) is 0 Å². The van der Waals surface area contributed by atoms with Crippen LogP contribution in [0.25, 0.3) is 0 Å². The van der Waals surface area contributed by atoms with Gasteiger partial charge < -0.3 is 4.74 Å². The Bertz CT molecular complexity index is 454. The highest BCUT2D eigenvalue weighted by Gasteiger charge is 2.05. The van der Waals surface area contributed by atoms with Crippen molar-refractivity contribution in [3.63, 3.8) is 0 Å². The van der Waals surface area contributed by atoms with E-state index in [9.17, 15) is 4.79 Å². The largest absolute Gasteiger partial charge is 0.469 e. The lowest BCUT2D eigenvalue weighted by Crippen LogP contribution is -1.99. The van der Waals surface area contributed by atoms with Crippen molar-refractivity contribution in [1.82, 2.24) is 9.78 Å². The number of aromatic nitrogens is 2. The van der Waals surface area contributed by atoms with Gasteiger partial charge >= 0.3 is 5.97 Å². The lowest BCUT2D eigenvalue weighted by Gasteiger charge is -2.01. The maximum atomic E-state index is 11.0. The molecule has 0 aliphatic heterocycles. The number of nitrogens with zero attached hydrogens (tertiary/aromatic N) is 2. The van der Waals surface area contributed by atoms with Crippen molar-refractivity contribution in [2.75, 3.05) is 7.11 Å². The molecule has 0 spiro atoms. The van der Waals surface area contributed by atoms with Gasteiger partial charge in [0.15, 0.2) is 0 Å². The van der Waals surface area contributed by atoms with Crippen molar-refractivity contribution in [1.29, 1.82) is 0 Å². The summed E-state index contributed by atoms with van der Waals surface area (Å²) in [5, 5.41) is 4.65. The third-order valence-electron chi connectivity index (χ3n) is 4.61. The molecule has 4 nitrogen and oxygen atoms in total. The number of carbonyl (C=O) groups excluding carboxylic acids is 1. The second-order valence-electron chi connectivity index (χ2n) is 6.76. The minimum absolute atomic E-state index is 0.0874. The Morgan fingerprint density at radius 3 is 2.33 bits per heavy atom. The van der Waals surface area contributed by atoms with Crippen molar-refractivity contribution < 1.29 is 9.53 Å². The zero-order valence-electron chi connectivity index (χ0n) is 16.0. The predicted octanol–water partition coefficient (Wildman–Crippen LogP) is 4.99. The Balaban J connectivity index is 2.07. The van der Waals surface area contributed by atoms with Crippen molar-refractivity contribution in [2.45, 2.75) is 90.4 Å². The van der Waals surface area contributed by atoms with Crippen LogP contribution in [-0.2, 0) is 29.4 Å². The molecule has 138 valence electrons. The summed E-state index contributed by atoms with van der Waals surface area (Å²) in [4.78, 5) is 11.0. The highest BCUT2D eigenvalue weighted by Crippen LogP contribution is 2.13. The molecule has 0 bridgehead atoms. The summed E-state index contributed by atoms with van der Waals surface area (Å²) in [7, 11) is 3.52. The molecule has 24 heavy (non-hydrogen) atoms. The van der Waals surface area contributed by atoms with E-state index < -0.39 is 0 Å². The summed E-state index contributed by atoms with van der Waals surface area (Å²) in [6, 6.07) is 2.29. The molecule has 0 N–H and O–H groups in total. The van der Waals surface area contributed by atoms with Gasteiger partial charge in [0.1, 0.15) is 0 Å². The van der Waals surface area contributed by atoms with E-state index in [1.165, 1.54) is 69.9 Å². The average molecular weight is 337 g/mol. The normalized spacial score (nSPS) is 11.0. The number of aryl methyl sites for hydroxylation is 3. The molecule has 0 unspecified atom stereocenters. The average Bonchev–Trinajstić information content (AvgIpc) is 2.93. The Kier molecular flexibility index (Phi) is 11.2. The molecule has 0 radical (unpaired) electrons. The zero-order chi connectivity index (χ0) is 17.6. The Labute approximate surface area is 148 Å². The van der Waals surface area contributed by atoms with Gasteiger partial charge in [0, 0.05) is 19.2 Å². The van der Waals surface area contributed by atoms with Crippen LogP contribution in [0.1, 0.15) is 88.9 Å². The molecular formula is C20H36N2O2. The first-order valence-corrected chi connectivity index (χ1v) is 9.76. The van der Waals surface area contributed by atoms with E-state index in [1.807, 2.05) is 0 Å². The summed E-state index contributed by atoms with van der Waals surface area (Å²) >= 11 is 0. The van der Waals surface area contributed by atoms with Crippen molar-refractivity contribution in [3.8, 4) is 0 Å². The summed E-state index contributed by atoms with van der Waals surface area (Å²) in [5.74, 6) is -0.0874. The molecule has 0 atom stereocenters. The molecule has 0 amide bonds. The van der Waals surface area contributed by atoms with E-state index in [2.05, 4.69) is 34.6 Å². The minimum atomic E-state index is -0.0874. The second kappa shape index (κ2) is 13.0. The molecule has 4 heteroatoms. The Hall–Kier alpha value is -1.32. The molecule has 0 aromatic carbocycles. The monoisotopic (exact) mass is 336 g/mol. The fourth-order valence-electron chi connectivity index (χ4n) is 3.05. The van der Waals surface area contributed by atoms with E-state index >= 15 is 0 Å². The molecular weight excluding hydrogens is 300 g/mol. The minimum Gasteiger partial charge on any atom is -0.469 e. The Morgan fingerprint density at radius 2 is 1.62 bits per heavy atom. The third-order valence-corrected chi connectivity index (χ3v) is 4.61. The molecule has 0 saturated heterocycles.